The van der Waals surface area contributed by atoms with Crippen LogP contribution in [0.1, 0.15) is 30.9 Å². The van der Waals surface area contributed by atoms with Crippen molar-refractivity contribution in [1.82, 2.24) is 9.78 Å². The Morgan fingerprint density at radius 2 is 1.94 bits per heavy atom. The number of nitrogens with zero attached hydrogens (tertiary/aromatic N) is 2. The summed E-state index contributed by atoms with van der Waals surface area (Å²) in [4.78, 5) is 0. The summed E-state index contributed by atoms with van der Waals surface area (Å²) in [6.07, 6.45) is 1.89. The fraction of sp³-hybridized carbons (Fsp3) is 0.308. The van der Waals surface area contributed by atoms with Gasteiger partial charge in [-0.05, 0) is 33.0 Å². The van der Waals surface area contributed by atoms with Crippen molar-refractivity contribution in [1.29, 1.82) is 0 Å². The first-order valence-corrected chi connectivity index (χ1v) is 6.43. The maximum absolute atomic E-state index is 5.68. The number of anilines is 1. The number of hydrogen-bond acceptors (Lipinski definition) is 2. The van der Waals surface area contributed by atoms with Crippen LogP contribution in [-0.4, -0.2) is 9.78 Å². The van der Waals surface area contributed by atoms with Gasteiger partial charge in [0.25, 0.3) is 0 Å². The van der Waals surface area contributed by atoms with Crippen LogP contribution < -0.4 is 5.73 Å². The summed E-state index contributed by atoms with van der Waals surface area (Å²) >= 11 is 3.35. The van der Waals surface area contributed by atoms with E-state index < -0.39 is 0 Å². The van der Waals surface area contributed by atoms with Crippen molar-refractivity contribution in [3.63, 3.8) is 0 Å². The maximum atomic E-state index is 5.68. The monoisotopic (exact) mass is 293 g/mol. The van der Waals surface area contributed by atoms with Crippen molar-refractivity contribution in [2.75, 3.05) is 5.73 Å². The van der Waals surface area contributed by atoms with Gasteiger partial charge in [0.05, 0.1) is 11.0 Å². The first-order valence-electron chi connectivity index (χ1n) is 5.63. The summed E-state index contributed by atoms with van der Waals surface area (Å²) < 4.78 is 2.68. The van der Waals surface area contributed by atoms with E-state index in [9.17, 15) is 0 Å². The highest BCUT2D eigenvalue weighted by Crippen LogP contribution is 2.18. The smallest absolute Gasteiger partial charge is 0.159 e. The van der Waals surface area contributed by atoms with Gasteiger partial charge in [-0.15, -0.1) is 0 Å². The predicted octanol–water partition coefficient (Wildman–Crippen LogP) is 3.40. The van der Waals surface area contributed by atoms with Crippen molar-refractivity contribution < 1.29 is 0 Å². The summed E-state index contributed by atoms with van der Waals surface area (Å²) in [5, 5.41) is 4.21. The first kappa shape index (κ1) is 12.2. The molecule has 1 aromatic heterocycles. The third-order valence-corrected chi connectivity index (χ3v) is 3.35. The molecular formula is C13H16BrN3. The molecule has 2 N–H and O–H groups in total. The zero-order valence-electron chi connectivity index (χ0n) is 10.0. The van der Waals surface area contributed by atoms with Gasteiger partial charge in [0.15, 0.2) is 5.82 Å². The first-order chi connectivity index (χ1) is 8.06. The van der Waals surface area contributed by atoms with Gasteiger partial charge in [-0.2, -0.15) is 5.10 Å². The van der Waals surface area contributed by atoms with Crippen LogP contribution in [0.15, 0.2) is 34.9 Å². The zero-order valence-corrected chi connectivity index (χ0v) is 11.6. The van der Waals surface area contributed by atoms with Crippen LogP contribution in [0.3, 0.4) is 0 Å². The van der Waals surface area contributed by atoms with Crippen molar-refractivity contribution in [3.05, 3.63) is 46.1 Å². The second kappa shape index (κ2) is 4.92. The normalized spacial score (nSPS) is 11.1. The third kappa shape index (κ3) is 2.88. The minimum Gasteiger partial charge on any atom is -0.381 e. The number of hydrogen-bond donors (Lipinski definition) is 1. The van der Waals surface area contributed by atoms with E-state index in [1.54, 1.807) is 0 Å². The lowest BCUT2D eigenvalue weighted by atomic mass is 10.0. The van der Waals surface area contributed by atoms with E-state index in [0.717, 1.165) is 11.0 Å². The highest BCUT2D eigenvalue weighted by Gasteiger charge is 2.03. The molecule has 0 aliphatic heterocycles. The van der Waals surface area contributed by atoms with Crippen molar-refractivity contribution in [3.8, 4) is 0 Å². The van der Waals surface area contributed by atoms with E-state index >= 15 is 0 Å². The fourth-order valence-electron chi connectivity index (χ4n) is 1.69. The average Bonchev–Trinajstić information content (AvgIpc) is 2.58. The molecule has 0 fully saturated rings. The van der Waals surface area contributed by atoms with Gasteiger partial charge in [0, 0.05) is 6.20 Å². The Balaban J connectivity index is 2.13. The van der Waals surface area contributed by atoms with Crippen molar-refractivity contribution >= 4 is 21.7 Å². The van der Waals surface area contributed by atoms with Gasteiger partial charge in [-0.1, -0.05) is 38.1 Å². The highest BCUT2D eigenvalue weighted by atomic mass is 79.9. The molecule has 0 aliphatic rings. The molecule has 3 nitrogen and oxygen atoms in total. The molecular weight excluding hydrogens is 278 g/mol. The second-order valence-electron chi connectivity index (χ2n) is 4.46. The maximum Gasteiger partial charge on any atom is 0.159 e. The van der Waals surface area contributed by atoms with Gasteiger partial charge < -0.3 is 5.73 Å². The molecule has 2 aromatic rings. The topological polar surface area (TPSA) is 43.8 Å². The minimum atomic E-state index is 0.531. The van der Waals surface area contributed by atoms with Crippen molar-refractivity contribution in [2.45, 2.75) is 26.3 Å². The van der Waals surface area contributed by atoms with E-state index in [-0.39, 0.29) is 0 Å². The molecule has 4 heteroatoms. The Labute approximate surface area is 110 Å². The Hall–Kier alpha value is -1.29. The number of nitrogens with two attached hydrogens (primary N) is 1. The Bertz CT molecular complexity index is 480. The van der Waals surface area contributed by atoms with Crippen molar-refractivity contribution in [2.24, 2.45) is 0 Å². The van der Waals surface area contributed by atoms with Gasteiger partial charge in [-0.25, -0.2) is 0 Å². The number of rotatable bonds is 3. The molecule has 0 unspecified atom stereocenters. The lowest BCUT2D eigenvalue weighted by Crippen LogP contribution is -2.01. The standard InChI is InChI=1S/C13H16BrN3/c1-9(2)11-5-3-10(4-6-11)7-17-8-12(14)13(15)16-17/h3-6,8-9H,7H2,1-2H3,(H2,15,16). The van der Waals surface area contributed by atoms with Crippen LogP contribution >= 0.6 is 15.9 Å². The summed E-state index contributed by atoms with van der Waals surface area (Å²) in [6.45, 7) is 5.13. The summed E-state index contributed by atoms with van der Waals surface area (Å²) in [6, 6.07) is 8.62. The molecule has 0 amide bonds. The highest BCUT2D eigenvalue weighted by molar-refractivity contribution is 9.10. The molecule has 1 aromatic carbocycles. The van der Waals surface area contributed by atoms with E-state index in [0.29, 0.717) is 11.7 Å². The molecule has 0 saturated carbocycles. The van der Waals surface area contributed by atoms with Gasteiger partial charge in [-0.3, -0.25) is 4.68 Å². The molecule has 0 radical (unpaired) electrons. The minimum absolute atomic E-state index is 0.531. The van der Waals surface area contributed by atoms with Crippen LogP contribution in [0.4, 0.5) is 5.82 Å². The fourth-order valence-corrected chi connectivity index (χ4v) is 2.00. The van der Waals surface area contributed by atoms with E-state index in [1.807, 2.05) is 10.9 Å². The van der Waals surface area contributed by atoms with Gasteiger partial charge in [0.1, 0.15) is 0 Å². The quantitative estimate of drug-likeness (QED) is 0.943. The van der Waals surface area contributed by atoms with Gasteiger partial charge in [0.2, 0.25) is 0 Å². The third-order valence-electron chi connectivity index (χ3n) is 2.73. The van der Waals surface area contributed by atoms with Crippen LogP contribution in [0, 0.1) is 0 Å². The number of nitrogen functional groups attached to an aromatic ring is 1. The molecule has 2 rings (SSSR count). The molecule has 0 saturated heterocycles. The zero-order chi connectivity index (χ0) is 12.4. The van der Waals surface area contributed by atoms with Crippen LogP contribution in [0.25, 0.3) is 0 Å². The molecule has 0 aliphatic carbocycles. The molecule has 0 bridgehead atoms. The SMILES string of the molecule is CC(C)c1ccc(Cn2cc(Br)c(N)n2)cc1. The van der Waals surface area contributed by atoms with E-state index in [4.69, 9.17) is 5.73 Å². The average molecular weight is 294 g/mol. The molecule has 17 heavy (non-hydrogen) atoms. The molecule has 90 valence electrons. The van der Waals surface area contributed by atoms with Gasteiger partial charge >= 0.3 is 0 Å². The largest absolute Gasteiger partial charge is 0.381 e. The Morgan fingerprint density at radius 1 is 1.29 bits per heavy atom. The van der Waals surface area contributed by atoms with E-state index in [2.05, 4.69) is 59.1 Å². The summed E-state index contributed by atoms with van der Waals surface area (Å²) in [5.74, 6) is 1.10. The number of benzene rings is 1. The second-order valence-corrected chi connectivity index (χ2v) is 5.31. The lowest BCUT2D eigenvalue weighted by molar-refractivity contribution is 0.689. The Kier molecular flexibility index (Phi) is 3.52. The molecule has 0 atom stereocenters. The van der Waals surface area contributed by atoms with E-state index in [1.165, 1.54) is 11.1 Å². The number of halogens is 1. The lowest BCUT2D eigenvalue weighted by Gasteiger charge is -2.07. The molecule has 1 heterocycles. The van der Waals surface area contributed by atoms with Crippen LogP contribution in [-0.2, 0) is 6.54 Å². The number of aromatic nitrogens is 2. The molecule has 0 spiro atoms. The Morgan fingerprint density at radius 3 is 2.41 bits per heavy atom. The van der Waals surface area contributed by atoms with Crippen LogP contribution in [0.5, 0.6) is 0 Å². The predicted molar refractivity (Wildman–Crippen MR) is 74.0 cm³/mol. The summed E-state index contributed by atoms with van der Waals surface area (Å²) in [5.41, 5.74) is 8.26. The van der Waals surface area contributed by atoms with Crippen LogP contribution in [0.2, 0.25) is 0 Å². The summed E-state index contributed by atoms with van der Waals surface area (Å²) in [7, 11) is 0.